The fourth-order valence-electron chi connectivity index (χ4n) is 2.78. The molecular weight excluding hydrogens is 262 g/mol. The van der Waals surface area contributed by atoms with Gasteiger partial charge in [0.05, 0.1) is 0 Å². The molecule has 4 nitrogen and oxygen atoms in total. The highest BCUT2D eigenvalue weighted by molar-refractivity contribution is 5.80. The van der Waals surface area contributed by atoms with Crippen molar-refractivity contribution in [2.75, 3.05) is 26.2 Å². The third-order valence-electron chi connectivity index (χ3n) is 4.25. The lowest BCUT2D eigenvalue weighted by Crippen LogP contribution is -2.54. The number of benzene rings is 1. The monoisotopic (exact) mass is 289 g/mol. The molecule has 1 aromatic rings. The lowest BCUT2D eigenvalue weighted by atomic mass is 9.76. The van der Waals surface area contributed by atoms with Crippen LogP contribution in [0.1, 0.15) is 26.3 Å². The highest BCUT2D eigenvalue weighted by atomic mass is 16.2. The van der Waals surface area contributed by atoms with E-state index in [-0.39, 0.29) is 17.2 Å². The van der Waals surface area contributed by atoms with Gasteiger partial charge in [0, 0.05) is 32.1 Å². The van der Waals surface area contributed by atoms with Gasteiger partial charge in [-0.15, -0.1) is 0 Å². The van der Waals surface area contributed by atoms with Crippen LogP contribution in [-0.2, 0) is 11.2 Å². The Kier molecular flexibility index (Phi) is 5.01. The van der Waals surface area contributed by atoms with Crippen LogP contribution in [0.4, 0.5) is 0 Å². The molecule has 0 bridgehead atoms. The highest BCUT2D eigenvalue weighted by Crippen LogP contribution is 2.31. The molecule has 1 aromatic carbocycles. The Morgan fingerprint density at radius 3 is 2.24 bits per heavy atom. The maximum absolute atomic E-state index is 12.9. The molecule has 1 aliphatic heterocycles. The topological polar surface area (TPSA) is 49.6 Å². The van der Waals surface area contributed by atoms with Crippen LogP contribution in [0.3, 0.4) is 0 Å². The number of carbonyl (C=O) groups excluding carboxylic acids is 1. The predicted octanol–water partition coefficient (Wildman–Crippen LogP) is 1.91. The number of nitrogens with two attached hydrogens (primary N) is 1. The summed E-state index contributed by atoms with van der Waals surface area (Å²) in [6.07, 6.45) is 0.798. The van der Waals surface area contributed by atoms with Gasteiger partial charge in [0.1, 0.15) is 0 Å². The van der Waals surface area contributed by atoms with Gasteiger partial charge >= 0.3 is 0 Å². The summed E-state index contributed by atoms with van der Waals surface area (Å²) in [6, 6.07) is 10.3. The van der Waals surface area contributed by atoms with E-state index in [2.05, 4.69) is 32.9 Å². The number of hydrogen-bond donors (Lipinski definition) is 1. The number of hydrazine groups is 1. The molecule has 1 unspecified atom stereocenters. The van der Waals surface area contributed by atoms with Crippen LogP contribution in [0.25, 0.3) is 0 Å². The Labute approximate surface area is 127 Å². The Morgan fingerprint density at radius 2 is 1.71 bits per heavy atom. The van der Waals surface area contributed by atoms with Gasteiger partial charge in [0.15, 0.2) is 0 Å². The summed E-state index contributed by atoms with van der Waals surface area (Å²) in [5.41, 5.74) is 1.18. The molecule has 2 N–H and O–H groups in total. The van der Waals surface area contributed by atoms with E-state index in [1.807, 2.05) is 23.1 Å². The number of piperazine rings is 1. The van der Waals surface area contributed by atoms with E-state index in [9.17, 15) is 4.79 Å². The van der Waals surface area contributed by atoms with Gasteiger partial charge in [-0.25, -0.2) is 5.01 Å². The molecule has 1 amide bonds. The normalized spacial score (nSPS) is 18.6. The molecule has 4 heteroatoms. The zero-order chi connectivity index (χ0) is 15.5. The van der Waals surface area contributed by atoms with Gasteiger partial charge < -0.3 is 4.90 Å². The van der Waals surface area contributed by atoms with Crippen molar-refractivity contribution >= 4 is 5.91 Å². The van der Waals surface area contributed by atoms with Gasteiger partial charge in [0.2, 0.25) is 5.91 Å². The lowest BCUT2D eigenvalue weighted by molar-refractivity contribution is -0.140. The van der Waals surface area contributed by atoms with E-state index < -0.39 is 0 Å². The lowest BCUT2D eigenvalue weighted by Gasteiger charge is -2.38. The molecule has 0 saturated carbocycles. The average Bonchev–Trinajstić information content (AvgIpc) is 2.45. The summed E-state index contributed by atoms with van der Waals surface area (Å²) >= 11 is 0. The molecule has 1 atom stereocenters. The van der Waals surface area contributed by atoms with E-state index in [1.54, 1.807) is 5.01 Å². The second-order valence-corrected chi connectivity index (χ2v) is 6.97. The Morgan fingerprint density at radius 1 is 1.14 bits per heavy atom. The fourth-order valence-corrected chi connectivity index (χ4v) is 2.78. The molecule has 1 aliphatic rings. The number of amides is 1. The minimum Gasteiger partial charge on any atom is -0.340 e. The van der Waals surface area contributed by atoms with E-state index in [0.717, 1.165) is 32.6 Å². The summed E-state index contributed by atoms with van der Waals surface area (Å²) in [7, 11) is 0. The molecular formula is C17H27N3O. The molecule has 0 radical (unpaired) electrons. The fraction of sp³-hybridized carbons (Fsp3) is 0.588. The maximum atomic E-state index is 12.9. The predicted molar refractivity (Wildman–Crippen MR) is 85.4 cm³/mol. The summed E-state index contributed by atoms with van der Waals surface area (Å²) in [5, 5.41) is 1.78. The van der Waals surface area contributed by atoms with Crippen LogP contribution >= 0.6 is 0 Å². The summed E-state index contributed by atoms with van der Waals surface area (Å²) in [6.45, 7) is 9.43. The smallest absolute Gasteiger partial charge is 0.226 e. The van der Waals surface area contributed by atoms with Gasteiger partial charge in [-0.3, -0.25) is 10.6 Å². The minimum absolute atomic E-state index is 0.00391. The average molecular weight is 289 g/mol. The number of hydrogen-bond acceptors (Lipinski definition) is 3. The van der Waals surface area contributed by atoms with Crippen molar-refractivity contribution < 1.29 is 4.79 Å². The highest BCUT2D eigenvalue weighted by Gasteiger charge is 2.35. The van der Waals surface area contributed by atoms with E-state index in [1.165, 1.54) is 5.56 Å². The first-order valence-electron chi connectivity index (χ1n) is 7.70. The minimum atomic E-state index is -0.0488. The zero-order valence-electron chi connectivity index (χ0n) is 13.4. The first kappa shape index (κ1) is 16.0. The number of carbonyl (C=O) groups is 1. The van der Waals surface area contributed by atoms with Crippen molar-refractivity contribution in [2.24, 2.45) is 17.2 Å². The molecule has 0 spiro atoms. The van der Waals surface area contributed by atoms with E-state index in [0.29, 0.717) is 0 Å². The van der Waals surface area contributed by atoms with Crippen LogP contribution in [0, 0.1) is 11.3 Å². The molecule has 1 saturated heterocycles. The summed E-state index contributed by atoms with van der Waals surface area (Å²) in [4.78, 5) is 14.9. The van der Waals surface area contributed by atoms with Crippen LogP contribution < -0.4 is 5.84 Å². The Hall–Kier alpha value is -1.39. The van der Waals surface area contributed by atoms with Gasteiger partial charge in [-0.1, -0.05) is 51.1 Å². The van der Waals surface area contributed by atoms with Crippen LogP contribution in [0.15, 0.2) is 30.3 Å². The Bertz CT molecular complexity index is 459. The van der Waals surface area contributed by atoms with Crippen molar-refractivity contribution in [3.63, 3.8) is 0 Å². The maximum Gasteiger partial charge on any atom is 0.226 e. The molecule has 1 fully saturated rings. The molecule has 1 heterocycles. The molecule has 116 valence electrons. The van der Waals surface area contributed by atoms with Gasteiger partial charge in [0.25, 0.3) is 0 Å². The SMILES string of the molecule is CC(C)(C)C(Cc1ccccc1)C(=O)N1CCN(N)CC1. The molecule has 2 rings (SSSR count). The summed E-state index contributed by atoms with van der Waals surface area (Å²) < 4.78 is 0. The van der Waals surface area contributed by atoms with Crippen molar-refractivity contribution in [2.45, 2.75) is 27.2 Å². The summed E-state index contributed by atoms with van der Waals surface area (Å²) in [5.74, 6) is 6.05. The standard InChI is InChI=1S/C17H27N3O/c1-17(2,3)15(13-14-7-5-4-6-8-14)16(21)19-9-11-20(18)12-10-19/h4-8,15H,9-13,18H2,1-3H3. The van der Waals surface area contributed by atoms with Gasteiger partial charge in [-0.2, -0.15) is 0 Å². The first-order valence-corrected chi connectivity index (χ1v) is 7.70. The number of nitrogens with zero attached hydrogens (tertiary/aromatic N) is 2. The molecule has 21 heavy (non-hydrogen) atoms. The van der Waals surface area contributed by atoms with Crippen molar-refractivity contribution in [1.82, 2.24) is 9.91 Å². The van der Waals surface area contributed by atoms with Crippen molar-refractivity contribution in [3.05, 3.63) is 35.9 Å². The van der Waals surface area contributed by atoms with Crippen molar-refractivity contribution in [3.8, 4) is 0 Å². The first-order chi connectivity index (χ1) is 9.88. The third kappa shape index (κ3) is 4.29. The largest absolute Gasteiger partial charge is 0.340 e. The van der Waals surface area contributed by atoms with Crippen LogP contribution in [0.5, 0.6) is 0 Å². The molecule has 0 aromatic heterocycles. The van der Waals surface area contributed by atoms with E-state index >= 15 is 0 Å². The third-order valence-corrected chi connectivity index (χ3v) is 4.25. The van der Waals surface area contributed by atoms with E-state index in [4.69, 9.17) is 5.84 Å². The van der Waals surface area contributed by atoms with Crippen LogP contribution in [-0.4, -0.2) is 42.0 Å². The zero-order valence-corrected chi connectivity index (χ0v) is 13.4. The van der Waals surface area contributed by atoms with Crippen molar-refractivity contribution in [1.29, 1.82) is 0 Å². The van der Waals surface area contributed by atoms with Crippen LogP contribution in [0.2, 0.25) is 0 Å². The number of rotatable bonds is 3. The second-order valence-electron chi connectivity index (χ2n) is 6.97. The Balaban J connectivity index is 2.11. The quantitative estimate of drug-likeness (QED) is 0.865. The second kappa shape index (κ2) is 6.58. The molecule has 0 aliphatic carbocycles. The van der Waals surface area contributed by atoms with Gasteiger partial charge in [-0.05, 0) is 17.4 Å².